The lowest BCUT2D eigenvalue weighted by Gasteiger charge is -2.35. The van der Waals surface area contributed by atoms with E-state index in [-0.39, 0.29) is 10.8 Å². The highest BCUT2D eigenvalue weighted by molar-refractivity contribution is 7.89. The van der Waals surface area contributed by atoms with E-state index in [2.05, 4.69) is 4.98 Å². The molecule has 2 aliphatic heterocycles. The molecule has 0 N–H and O–H groups in total. The van der Waals surface area contributed by atoms with Crippen LogP contribution in [0.1, 0.15) is 10.4 Å². The van der Waals surface area contributed by atoms with Gasteiger partial charge in [0.25, 0.3) is 5.91 Å². The Morgan fingerprint density at radius 2 is 1.67 bits per heavy atom. The molecule has 1 aromatic heterocycles. The van der Waals surface area contributed by atoms with Gasteiger partial charge in [-0.1, -0.05) is 23.7 Å². The zero-order valence-corrected chi connectivity index (χ0v) is 18.0. The lowest BCUT2D eigenvalue weighted by molar-refractivity contribution is 0.0730. The van der Waals surface area contributed by atoms with Crippen molar-refractivity contribution >= 4 is 33.3 Å². The molecular formula is C20H23ClN4O4S. The number of nitrogens with zero attached hydrogens (tertiary/aromatic N) is 4. The van der Waals surface area contributed by atoms with Crippen LogP contribution in [0, 0.1) is 0 Å². The molecule has 160 valence electrons. The zero-order valence-electron chi connectivity index (χ0n) is 16.4. The first-order valence-electron chi connectivity index (χ1n) is 9.79. The average molecular weight is 451 g/mol. The second-order valence-corrected chi connectivity index (χ2v) is 9.47. The molecular weight excluding hydrogens is 428 g/mol. The SMILES string of the molecule is O=C(c1ccccc1Cl)N1CCN(c2ccc(S(=O)(=O)N3CCOCC3)cn2)CC1. The number of ether oxygens (including phenoxy) is 1. The van der Waals surface area contributed by atoms with Gasteiger partial charge in [-0.15, -0.1) is 0 Å². The van der Waals surface area contributed by atoms with Crippen LogP contribution >= 0.6 is 11.6 Å². The molecule has 0 spiro atoms. The molecule has 8 nitrogen and oxygen atoms in total. The van der Waals surface area contributed by atoms with Crippen molar-refractivity contribution in [1.82, 2.24) is 14.2 Å². The van der Waals surface area contributed by atoms with Crippen LogP contribution in [-0.2, 0) is 14.8 Å². The monoisotopic (exact) mass is 450 g/mol. The van der Waals surface area contributed by atoms with E-state index in [4.69, 9.17) is 16.3 Å². The summed E-state index contributed by atoms with van der Waals surface area (Å²) in [6, 6.07) is 10.3. The Bertz CT molecular complexity index is 1000. The van der Waals surface area contributed by atoms with Gasteiger partial charge in [-0.3, -0.25) is 4.79 Å². The largest absolute Gasteiger partial charge is 0.379 e. The molecule has 0 bridgehead atoms. The maximum atomic E-state index is 12.7. The van der Waals surface area contributed by atoms with Gasteiger partial charge >= 0.3 is 0 Å². The molecule has 0 radical (unpaired) electrons. The summed E-state index contributed by atoms with van der Waals surface area (Å²) in [5, 5.41) is 0.448. The van der Waals surface area contributed by atoms with Crippen LogP contribution in [0.3, 0.4) is 0 Å². The van der Waals surface area contributed by atoms with Gasteiger partial charge in [0.05, 0.1) is 23.8 Å². The van der Waals surface area contributed by atoms with E-state index in [0.717, 1.165) is 0 Å². The molecule has 3 heterocycles. The first-order chi connectivity index (χ1) is 14.5. The topological polar surface area (TPSA) is 83.1 Å². The highest BCUT2D eigenvalue weighted by Crippen LogP contribution is 2.22. The normalized spacial score (nSPS) is 18.4. The van der Waals surface area contributed by atoms with Crippen molar-refractivity contribution in [2.75, 3.05) is 57.4 Å². The average Bonchev–Trinajstić information content (AvgIpc) is 2.80. The second-order valence-electron chi connectivity index (χ2n) is 7.13. The Morgan fingerprint density at radius 1 is 0.967 bits per heavy atom. The number of pyridine rings is 1. The van der Waals surface area contributed by atoms with Crippen LogP contribution < -0.4 is 4.90 Å². The number of piperazine rings is 1. The molecule has 0 atom stereocenters. The Balaban J connectivity index is 1.39. The predicted octanol–water partition coefficient (Wildman–Crippen LogP) is 1.72. The van der Waals surface area contributed by atoms with Gasteiger partial charge < -0.3 is 14.5 Å². The fourth-order valence-corrected chi connectivity index (χ4v) is 5.16. The van der Waals surface area contributed by atoms with Crippen molar-refractivity contribution in [3.05, 3.63) is 53.2 Å². The van der Waals surface area contributed by atoms with E-state index >= 15 is 0 Å². The number of hydrogen-bond acceptors (Lipinski definition) is 6. The Kier molecular flexibility index (Phi) is 6.24. The maximum absolute atomic E-state index is 12.7. The van der Waals surface area contributed by atoms with Crippen LogP contribution in [0.2, 0.25) is 5.02 Å². The number of halogens is 1. The minimum atomic E-state index is -3.56. The van der Waals surface area contributed by atoms with Crippen LogP contribution in [0.15, 0.2) is 47.5 Å². The summed E-state index contributed by atoms with van der Waals surface area (Å²) < 4.78 is 32.1. The van der Waals surface area contributed by atoms with Crippen molar-refractivity contribution in [2.24, 2.45) is 0 Å². The number of benzene rings is 1. The first-order valence-corrected chi connectivity index (χ1v) is 11.6. The molecule has 0 aliphatic carbocycles. The van der Waals surface area contributed by atoms with Gasteiger partial charge in [0.15, 0.2) is 0 Å². The van der Waals surface area contributed by atoms with E-state index in [9.17, 15) is 13.2 Å². The standard InChI is InChI=1S/C20H23ClN4O4S/c21-18-4-2-1-3-17(18)20(26)24-9-7-23(8-10-24)19-6-5-16(15-22-19)30(27,28)25-11-13-29-14-12-25/h1-6,15H,7-14H2. The third-order valence-electron chi connectivity index (χ3n) is 5.32. The lowest BCUT2D eigenvalue weighted by Crippen LogP contribution is -2.49. The van der Waals surface area contributed by atoms with Crippen molar-refractivity contribution in [1.29, 1.82) is 0 Å². The molecule has 30 heavy (non-hydrogen) atoms. The number of carbonyl (C=O) groups excluding carboxylic acids is 1. The van der Waals surface area contributed by atoms with Gasteiger partial charge in [-0.05, 0) is 24.3 Å². The number of amides is 1. The first kappa shape index (κ1) is 21.0. The molecule has 1 amide bonds. The number of rotatable bonds is 4. The van der Waals surface area contributed by atoms with Crippen molar-refractivity contribution in [3.8, 4) is 0 Å². The number of aromatic nitrogens is 1. The van der Waals surface area contributed by atoms with Crippen LogP contribution in [0.25, 0.3) is 0 Å². The second kappa shape index (κ2) is 8.89. The van der Waals surface area contributed by atoms with Crippen molar-refractivity contribution < 1.29 is 17.9 Å². The summed E-state index contributed by atoms with van der Waals surface area (Å²) in [4.78, 5) is 21.1. The maximum Gasteiger partial charge on any atom is 0.255 e. The number of anilines is 1. The summed E-state index contributed by atoms with van der Waals surface area (Å²) >= 11 is 6.14. The van der Waals surface area contributed by atoms with Crippen molar-refractivity contribution in [2.45, 2.75) is 4.90 Å². The number of carbonyl (C=O) groups is 1. The van der Waals surface area contributed by atoms with Crippen LogP contribution in [0.5, 0.6) is 0 Å². The summed E-state index contributed by atoms with van der Waals surface area (Å²) in [6.45, 7) is 3.82. The van der Waals surface area contributed by atoms with Crippen LogP contribution in [-0.4, -0.2) is 81.0 Å². The fraction of sp³-hybridized carbons (Fsp3) is 0.400. The van der Waals surface area contributed by atoms with E-state index in [1.165, 1.54) is 10.5 Å². The Labute approximate surface area is 181 Å². The Hall–Kier alpha value is -2.20. The number of morpholine rings is 1. The molecule has 10 heteroatoms. The molecule has 2 fully saturated rings. The zero-order chi connectivity index (χ0) is 21.1. The van der Waals surface area contributed by atoms with Crippen LogP contribution in [0.4, 0.5) is 5.82 Å². The van der Waals surface area contributed by atoms with E-state index in [1.807, 2.05) is 4.90 Å². The van der Waals surface area contributed by atoms with Gasteiger partial charge in [0.1, 0.15) is 10.7 Å². The third kappa shape index (κ3) is 4.29. The summed E-state index contributed by atoms with van der Waals surface area (Å²) in [7, 11) is -3.56. The summed E-state index contributed by atoms with van der Waals surface area (Å²) in [6.07, 6.45) is 1.40. The molecule has 2 aromatic rings. The minimum Gasteiger partial charge on any atom is -0.379 e. The molecule has 0 saturated carbocycles. The highest BCUT2D eigenvalue weighted by atomic mass is 35.5. The quantitative estimate of drug-likeness (QED) is 0.705. The van der Waals surface area contributed by atoms with E-state index < -0.39 is 10.0 Å². The van der Waals surface area contributed by atoms with E-state index in [1.54, 1.807) is 41.3 Å². The molecule has 0 unspecified atom stereocenters. The van der Waals surface area contributed by atoms with Gasteiger partial charge in [-0.2, -0.15) is 4.31 Å². The minimum absolute atomic E-state index is 0.0832. The number of sulfonamides is 1. The smallest absolute Gasteiger partial charge is 0.255 e. The number of hydrogen-bond donors (Lipinski definition) is 0. The van der Waals surface area contributed by atoms with Crippen molar-refractivity contribution in [3.63, 3.8) is 0 Å². The summed E-state index contributed by atoms with van der Waals surface area (Å²) in [5.41, 5.74) is 0.503. The van der Waals surface area contributed by atoms with Gasteiger partial charge in [-0.25, -0.2) is 13.4 Å². The highest BCUT2D eigenvalue weighted by Gasteiger charge is 2.28. The van der Waals surface area contributed by atoms with Gasteiger partial charge in [0.2, 0.25) is 10.0 Å². The molecule has 2 aliphatic rings. The predicted molar refractivity (Wildman–Crippen MR) is 113 cm³/mol. The lowest BCUT2D eigenvalue weighted by atomic mass is 10.2. The van der Waals surface area contributed by atoms with Gasteiger partial charge in [0, 0.05) is 45.5 Å². The molecule has 1 aromatic carbocycles. The fourth-order valence-electron chi connectivity index (χ4n) is 3.59. The Morgan fingerprint density at radius 3 is 2.30 bits per heavy atom. The van der Waals surface area contributed by atoms with E-state index in [0.29, 0.717) is 68.9 Å². The summed E-state index contributed by atoms with van der Waals surface area (Å²) in [5.74, 6) is 0.612. The molecule has 2 saturated heterocycles. The third-order valence-corrected chi connectivity index (χ3v) is 7.54. The molecule has 4 rings (SSSR count).